The highest BCUT2D eigenvalue weighted by atomic mass is 16.5. The minimum atomic E-state index is 0.718. The Balaban J connectivity index is 1.69. The van der Waals surface area contributed by atoms with Crippen LogP contribution in [0.3, 0.4) is 0 Å². The van der Waals surface area contributed by atoms with Crippen LogP contribution in [0, 0.1) is 0 Å². The molecule has 0 amide bonds. The number of hydrogen-bond donors (Lipinski definition) is 1. The van der Waals surface area contributed by atoms with E-state index < -0.39 is 0 Å². The van der Waals surface area contributed by atoms with Crippen LogP contribution in [-0.2, 0) is 0 Å². The van der Waals surface area contributed by atoms with Crippen LogP contribution in [0.2, 0.25) is 0 Å². The average molecular weight is 305 g/mol. The van der Waals surface area contributed by atoms with Crippen molar-refractivity contribution in [3.8, 4) is 5.75 Å². The number of aliphatic imine (C=N–C) groups is 1. The number of pyridine rings is 1. The Morgan fingerprint density at radius 3 is 3.13 bits per heavy atom. The van der Waals surface area contributed by atoms with E-state index in [0.717, 1.165) is 60.8 Å². The quantitative estimate of drug-likeness (QED) is 0.923. The van der Waals surface area contributed by atoms with Gasteiger partial charge in [0.1, 0.15) is 12.4 Å². The van der Waals surface area contributed by atoms with Crippen molar-refractivity contribution in [3.05, 3.63) is 59.4 Å². The Bertz CT molecular complexity index is 765. The molecule has 23 heavy (non-hydrogen) atoms. The number of benzene rings is 1. The van der Waals surface area contributed by atoms with Gasteiger partial charge in [0.2, 0.25) is 0 Å². The lowest BCUT2D eigenvalue weighted by Crippen LogP contribution is -2.17. The molecule has 116 valence electrons. The Kier molecular flexibility index (Phi) is 3.80. The van der Waals surface area contributed by atoms with E-state index >= 15 is 0 Å². The first-order valence-electron chi connectivity index (χ1n) is 8.07. The highest BCUT2D eigenvalue weighted by molar-refractivity contribution is 6.15. The van der Waals surface area contributed by atoms with Gasteiger partial charge in [0.05, 0.1) is 11.4 Å². The number of nitrogens with zero attached hydrogens (tertiary/aromatic N) is 2. The van der Waals surface area contributed by atoms with Gasteiger partial charge in [-0.2, -0.15) is 0 Å². The van der Waals surface area contributed by atoms with Crippen molar-refractivity contribution in [2.75, 3.05) is 25.0 Å². The number of allylic oxidation sites excluding steroid dienone is 1. The first-order chi connectivity index (χ1) is 11.4. The molecule has 1 N–H and O–H groups in total. The van der Waals surface area contributed by atoms with Gasteiger partial charge in [-0.1, -0.05) is 6.07 Å². The summed E-state index contributed by atoms with van der Waals surface area (Å²) in [5.74, 6) is 0.932. The second kappa shape index (κ2) is 6.24. The SMILES string of the molecule is C(=C1CCCN=C1c1cccnc1)c1ccc2c(c1)OCCN2. The molecule has 1 aromatic carbocycles. The minimum Gasteiger partial charge on any atom is -0.490 e. The fourth-order valence-electron chi connectivity index (χ4n) is 3.04. The molecule has 4 rings (SSSR count). The van der Waals surface area contributed by atoms with Gasteiger partial charge in [0, 0.05) is 31.0 Å². The maximum absolute atomic E-state index is 5.73. The molecular weight excluding hydrogens is 286 g/mol. The molecule has 0 fully saturated rings. The summed E-state index contributed by atoms with van der Waals surface area (Å²) < 4.78 is 5.73. The molecule has 0 spiro atoms. The molecule has 0 saturated carbocycles. The molecule has 4 nitrogen and oxygen atoms in total. The zero-order valence-electron chi connectivity index (χ0n) is 13.0. The molecule has 3 heterocycles. The van der Waals surface area contributed by atoms with Gasteiger partial charge in [-0.05, 0) is 54.3 Å². The van der Waals surface area contributed by atoms with E-state index in [1.165, 1.54) is 5.57 Å². The van der Waals surface area contributed by atoms with Gasteiger partial charge in [0.15, 0.2) is 0 Å². The fourth-order valence-corrected chi connectivity index (χ4v) is 3.04. The molecule has 2 aromatic rings. The molecule has 2 aliphatic heterocycles. The lowest BCUT2D eigenvalue weighted by atomic mass is 9.95. The molecule has 0 saturated heterocycles. The summed E-state index contributed by atoms with van der Waals surface area (Å²) >= 11 is 0. The maximum Gasteiger partial charge on any atom is 0.143 e. The van der Waals surface area contributed by atoms with Gasteiger partial charge in [0.25, 0.3) is 0 Å². The number of anilines is 1. The number of fused-ring (bicyclic) bond motifs is 1. The third kappa shape index (κ3) is 2.97. The number of aromatic nitrogens is 1. The lowest BCUT2D eigenvalue weighted by molar-refractivity contribution is 0.323. The molecule has 0 aliphatic carbocycles. The lowest BCUT2D eigenvalue weighted by Gasteiger charge is -2.20. The number of rotatable bonds is 2. The van der Waals surface area contributed by atoms with Crippen molar-refractivity contribution in [2.45, 2.75) is 12.8 Å². The molecule has 4 heteroatoms. The standard InChI is InChI=1S/C19H19N3O/c1-4-16(13-20-7-1)19-15(3-2-8-22-19)11-14-5-6-17-18(12-14)23-10-9-21-17/h1,4-7,11-13,21H,2-3,8-10H2. The van der Waals surface area contributed by atoms with Gasteiger partial charge in [-0.15, -0.1) is 0 Å². The smallest absolute Gasteiger partial charge is 0.143 e. The summed E-state index contributed by atoms with van der Waals surface area (Å²) in [4.78, 5) is 8.95. The summed E-state index contributed by atoms with van der Waals surface area (Å²) in [5, 5.41) is 3.35. The van der Waals surface area contributed by atoms with E-state index in [1.807, 2.05) is 12.3 Å². The van der Waals surface area contributed by atoms with Crippen LogP contribution in [0.25, 0.3) is 6.08 Å². The van der Waals surface area contributed by atoms with Crippen LogP contribution in [0.15, 0.2) is 53.3 Å². The second-order valence-electron chi connectivity index (χ2n) is 5.78. The highest BCUT2D eigenvalue weighted by Gasteiger charge is 2.15. The average Bonchev–Trinajstić information content (AvgIpc) is 2.63. The predicted octanol–water partition coefficient (Wildman–Crippen LogP) is 3.55. The first-order valence-corrected chi connectivity index (χ1v) is 8.07. The molecule has 0 radical (unpaired) electrons. The maximum atomic E-state index is 5.73. The topological polar surface area (TPSA) is 46.5 Å². The van der Waals surface area contributed by atoms with Crippen LogP contribution in [0.5, 0.6) is 5.75 Å². The summed E-state index contributed by atoms with van der Waals surface area (Å²) in [5.41, 5.74) is 5.66. The summed E-state index contributed by atoms with van der Waals surface area (Å²) in [6.45, 7) is 2.47. The molecule has 0 atom stereocenters. The third-order valence-corrected chi connectivity index (χ3v) is 4.13. The fraction of sp³-hybridized carbons (Fsp3) is 0.263. The van der Waals surface area contributed by atoms with E-state index in [0.29, 0.717) is 0 Å². The highest BCUT2D eigenvalue weighted by Crippen LogP contribution is 2.30. The number of nitrogens with one attached hydrogen (secondary N) is 1. The van der Waals surface area contributed by atoms with E-state index in [4.69, 9.17) is 9.73 Å². The summed E-state index contributed by atoms with van der Waals surface area (Å²) in [6.07, 6.45) is 8.05. The van der Waals surface area contributed by atoms with E-state index in [2.05, 4.69) is 40.6 Å². The number of hydrogen-bond acceptors (Lipinski definition) is 4. The molecule has 1 aromatic heterocycles. The predicted molar refractivity (Wildman–Crippen MR) is 93.3 cm³/mol. The van der Waals surface area contributed by atoms with Gasteiger partial charge < -0.3 is 10.1 Å². The van der Waals surface area contributed by atoms with Crippen molar-refractivity contribution in [1.82, 2.24) is 4.98 Å². The van der Waals surface area contributed by atoms with E-state index in [9.17, 15) is 0 Å². The Labute approximate surface area is 135 Å². The monoisotopic (exact) mass is 305 g/mol. The van der Waals surface area contributed by atoms with Crippen LogP contribution in [0.4, 0.5) is 5.69 Å². The van der Waals surface area contributed by atoms with Crippen LogP contribution in [0.1, 0.15) is 24.0 Å². The van der Waals surface area contributed by atoms with E-state index in [1.54, 1.807) is 6.20 Å². The van der Waals surface area contributed by atoms with Crippen molar-refractivity contribution in [2.24, 2.45) is 4.99 Å². The molecule has 2 aliphatic rings. The zero-order chi connectivity index (χ0) is 15.5. The van der Waals surface area contributed by atoms with Crippen molar-refractivity contribution >= 4 is 17.5 Å². The van der Waals surface area contributed by atoms with Gasteiger partial charge in [-0.3, -0.25) is 9.98 Å². The molecular formula is C19H19N3O. The molecule has 0 unspecified atom stereocenters. The summed E-state index contributed by atoms with van der Waals surface area (Å²) in [6, 6.07) is 10.4. The zero-order valence-corrected chi connectivity index (χ0v) is 13.0. The Morgan fingerprint density at radius 1 is 1.22 bits per heavy atom. The Hall–Kier alpha value is -2.62. The normalized spacial score (nSPS) is 18.6. The summed E-state index contributed by atoms with van der Waals surface area (Å²) in [7, 11) is 0. The van der Waals surface area contributed by atoms with E-state index in [-0.39, 0.29) is 0 Å². The van der Waals surface area contributed by atoms with Crippen LogP contribution >= 0.6 is 0 Å². The second-order valence-corrected chi connectivity index (χ2v) is 5.78. The van der Waals surface area contributed by atoms with Crippen LogP contribution < -0.4 is 10.1 Å². The third-order valence-electron chi connectivity index (χ3n) is 4.13. The van der Waals surface area contributed by atoms with Gasteiger partial charge >= 0.3 is 0 Å². The number of ether oxygens (including phenoxy) is 1. The largest absolute Gasteiger partial charge is 0.490 e. The van der Waals surface area contributed by atoms with Gasteiger partial charge in [-0.25, -0.2) is 0 Å². The van der Waals surface area contributed by atoms with Crippen molar-refractivity contribution < 1.29 is 4.74 Å². The van der Waals surface area contributed by atoms with Crippen molar-refractivity contribution in [3.63, 3.8) is 0 Å². The van der Waals surface area contributed by atoms with Crippen molar-refractivity contribution in [1.29, 1.82) is 0 Å². The van der Waals surface area contributed by atoms with Crippen LogP contribution in [-0.4, -0.2) is 30.4 Å². The first kappa shape index (κ1) is 14.0. The molecule has 0 bridgehead atoms. The Morgan fingerprint density at radius 2 is 2.22 bits per heavy atom. The minimum absolute atomic E-state index is 0.718.